The van der Waals surface area contributed by atoms with Crippen molar-refractivity contribution in [3.63, 3.8) is 0 Å². The highest BCUT2D eigenvalue weighted by Gasteiger charge is 2.09. The van der Waals surface area contributed by atoms with E-state index in [9.17, 15) is 5.26 Å². The molecule has 0 spiro atoms. The summed E-state index contributed by atoms with van der Waals surface area (Å²) in [6.07, 6.45) is 3.34. The largest absolute Gasteiger partial charge is 0.378 e. The van der Waals surface area contributed by atoms with Crippen LogP contribution < -0.4 is 4.90 Å². The third-order valence-electron chi connectivity index (χ3n) is 3.48. The first kappa shape index (κ1) is 14.3. The van der Waals surface area contributed by atoms with Crippen molar-refractivity contribution in [1.29, 1.82) is 5.26 Å². The smallest absolute Gasteiger partial charge is 0.101 e. The van der Waals surface area contributed by atoms with Gasteiger partial charge in [-0.15, -0.1) is 11.3 Å². The Morgan fingerprint density at radius 1 is 1.00 bits per heavy atom. The van der Waals surface area contributed by atoms with E-state index in [1.54, 1.807) is 23.7 Å². The van der Waals surface area contributed by atoms with E-state index in [0.29, 0.717) is 5.56 Å². The van der Waals surface area contributed by atoms with Crippen LogP contribution in [0.3, 0.4) is 0 Å². The van der Waals surface area contributed by atoms with E-state index < -0.39 is 0 Å². The molecule has 0 radical (unpaired) electrons. The Labute approximate surface area is 134 Å². The van der Waals surface area contributed by atoms with Gasteiger partial charge in [0.2, 0.25) is 0 Å². The van der Waals surface area contributed by atoms with E-state index in [4.69, 9.17) is 0 Å². The van der Waals surface area contributed by atoms with E-state index >= 15 is 0 Å². The van der Waals surface area contributed by atoms with Crippen LogP contribution in [0.25, 0.3) is 20.9 Å². The topological polar surface area (TPSA) is 39.9 Å². The normalized spacial score (nSPS) is 10.2. The molecule has 0 bridgehead atoms. The summed E-state index contributed by atoms with van der Waals surface area (Å²) < 4.78 is 0. The third-order valence-corrected chi connectivity index (χ3v) is 4.65. The molecule has 2 aromatic heterocycles. The number of anilines is 1. The summed E-state index contributed by atoms with van der Waals surface area (Å²) in [5, 5.41) is 9.20. The third kappa shape index (κ3) is 2.72. The summed E-state index contributed by atoms with van der Waals surface area (Å²) >= 11 is 1.69. The fourth-order valence-corrected chi connectivity index (χ4v) is 3.31. The minimum absolute atomic E-state index is 0.610. The molecular weight excluding hydrogens is 290 g/mol. The lowest BCUT2D eigenvalue weighted by atomic mass is 10.1. The Morgan fingerprint density at radius 3 is 2.41 bits per heavy atom. The Balaban J connectivity index is 1.95. The van der Waals surface area contributed by atoms with Gasteiger partial charge in [0, 0.05) is 47.5 Å². The minimum Gasteiger partial charge on any atom is -0.378 e. The first-order valence-electron chi connectivity index (χ1n) is 6.91. The highest BCUT2D eigenvalue weighted by molar-refractivity contribution is 7.18. The Kier molecular flexibility index (Phi) is 3.90. The average molecular weight is 305 g/mol. The van der Waals surface area contributed by atoms with E-state index in [2.05, 4.69) is 52.4 Å². The Hall–Kier alpha value is -2.64. The molecule has 2 heterocycles. The maximum absolute atomic E-state index is 9.20. The standard InChI is InChI=1S/C18H15N3S/c1-21(2)15-5-3-13(4-6-15)17-7-8-18(22-17)16-9-10-20-12-14(16)11-19/h3-10,12H,1-2H3. The van der Waals surface area contributed by atoms with Crippen LogP contribution in [0.15, 0.2) is 54.9 Å². The van der Waals surface area contributed by atoms with Gasteiger partial charge in [-0.3, -0.25) is 4.98 Å². The molecule has 3 rings (SSSR count). The van der Waals surface area contributed by atoms with Gasteiger partial charge >= 0.3 is 0 Å². The van der Waals surface area contributed by atoms with Gasteiger partial charge in [0.1, 0.15) is 6.07 Å². The number of pyridine rings is 1. The van der Waals surface area contributed by atoms with Crippen LogP contribution in [0.5, 0.6) is 0 Å². The molecular formula is C18H15N3S. The van der Waals surface area contributed by atoms with Crippen molar-refractivity contribution < 1.29 is 0 Å². The number of hydrogen-bond donors (Lipinski definition) is 0. The van der Waals surface area contributed by atoms with Crippen molar-refractivity contribution in [1.82, 2.24) is 4.98 Å². The molecule has 3 nitrogen and oxygen atoms in total. The second kappa shape index (κ2) is 6.00. The van der Waals surface area contributed by atoms with Gasteiger partial charge < -0.3 is 4.90 Å². The highest BCUT2D eigenvalue weighted by atomic mass is 32.1. The predicted octanol–water partition coefficient (Wildman–Crippen LogP) is 4.41. The zero-order valence-corrected chi connectivity index (χ0v) is 13.3. The molecule has 0 amide bonds. The van der Waals surface area contributed by atoms with Crippen molar-refractivity contribution in [3.8, 4) is 27.0 Å². The number of benzene rings is 1. The summed E-state index contributed by atoms with van der Waals surface area (Å²) in [4.78, 5) is 8.38. The van der Waals surface area contributed by atoms with E-state index in [-0.39, 0.29) is 0 Å². The molecule has 0 saturated carbocycles. The number of thiophene rings is 1. The summed E-state index contributed by atoms with van der Waals surface area (Å²) in [6, 6.07) is 16.7. The number of aromatic nitrogens is 1. The maximum Gasteiger partial charge on any atom is 0.101 e. The van der Waals surface area contributed by atoms with Crippen LogP contribution >= 0.6 is 11.3 Å². The maximum atomic E-state index is 9.20. The van der Waals surface area contributed by atoms with Gasteiger partial charge in [0.15, 0.2) is 0 Å². The molecule has 0 unspecified atom stereocenters. The molecule has 0 N–H and O–H groups in total. The van der Waals surface area contributed by atoms with E-state index in [1.165, 1.54) is 16.1 Å². The van der Waals surface area contributed by atoms with Gasteiger partial charge in [-0.1, -0.05) is 12.1 Å². The molecule has 0 aliphatic carbocycles. The molecule has 1 aromatic carbocycles. The van der Waals surface area contributed by atoms with Crippen molar-refractivity contribution in [2.45, 2.75) is 0 Å². The average Bonchev–Trinajstić information content (AvgIpc) is 3.04. The monoisotopic (exact) mass is 305 g/mol. The molecule has 0 aliphatic rings. The lowest BCUT2D eigenvalue weighted by molar-refractivity contribution is 1.13. The van der Waals surface area contributed by atoms with Crippen LogP contribution in [-0.4, -0.2) is 19.1 Å². The van der Waals surface area contributed by atoms with Gasteiger partial charge in [-0.25, -0.2) is 0 Å². The minimum atomic E-state index is 0.610. The lowest BCUT2D eigenvalue weighted by Crippen LogP contribution is -2.07. The Bertz CT molecular complexity index is 826. The van der Waals surface area contributed by atoms with Crippen molar-refractivity contribution >= 4 is 17.0 Å². The van der Waals surface area contributed by atoms with E-state index in [1.807, 2.05) is 20.2 Å². The Morgan fingerprint density at radius 2 is 1.73 bits per heavy atom. The molecule has 3 aromatic rings. The molecule has 0 fully saturated rings. The summed E-state index contributed by atoms with van der Waals surface area (Å²) in [5.41, 5.74) is 3.92. The van der Waals surface area contributed by atoms with Gasteiger partial charge in [0.25, 0.3) is 0 Å². The molecule has 0 saturated heterocycles. The van der Waals surface area contributed by atoms with Crippen molar-refractivity contribution in [2.24, 2.45) is 0 Å². The quantitative estimate of drug-likeness (QED) is 0.719. The molecule has 0 aliphatic heterocycles. The highest BCUT2D eigenvalue weighted by Crippen LogP contribution is 2.36. The first-order chi connectivity index (χ1) is 10.7. The number of hydrogen-bond acceptors (Lipinski definition) is 4. The summed E-state index contributed by atoms with van der Waals surface area (Å²) in [5.74, 6) is 0. The fourth-order valence-electron chi connectivity index (χ4n) is 2.26. The van der Waals surface area contributed by atoms with Crippen LogP contribution in [-0.2, 0) is 0 Å². The van der Waals surface area contributed by atoms with Crippen LogP contribution in [0, 0.1) is 11.3 Å². The SMILES string of the molecule is CN(C)c1ccc(-c2ccc(-c3ccncc3C#N)s2)cc1. The van der Waals surface area contributed by atoms with Crippen molar-refractivity contribution in [3.05, 3.63) is 60.4 Å². The second-order valence-electron chi connectivity index (χ2n) is 5.14. The number of nitrogens with zero attached hydrogens (tertiary/aromatic N) is 3. The molecule has 22 heavy (non-hydrogen) atoms. The zero-order chi connectivity index (χ0) is 15.5. The number of nitriles is 1. The molecule has 0 atom stereocenters. The second-order valence-corrected chi connectivity index (χ2v) is 6.22. The zero-order valence-electron chi connectivity index (χ0n) is 12.4. The number of rotatable bonds is 3. The molecule has 108 valence electrons. The molecule has 4 heteroatoms. The van der Waals surface area contributed by atoms with Crippen LogP contribution in [0.1, 0.15) is 5.56 Å². The first-order valence-corrected chi connectivity index (χ1v) is 7.73. The lowest BCUT2D eigenvalue weighted by Gasteiger charge is -2.12. The van der Waals surface area contributed by atoms with Gasteiger partial charge in [-0.2, -0.15) is 5.26 Å². The fraction of sp³-hybridized carbons (Fsp3) is 0.111. The van der Waals surface area contributed by atoms with Crippen LogP contribution in [0.4, 0.5) is 5.69 Å². The summed E-state index contributed by atoms with van der Waals surface area (Å²) in [6.45, 7) is 0. The van der Waals surface area contributed by atoms with Crippen LogP contribution in [0.2, 0.25) is 0 Å². The van der Waals surface area contributed by atoms with Gasteiger partial charge in [-0.05, 0) is 35.9 Å². The van der Waals surface area contributed by atoms with Gasteiger partial charge in [0.05, 0.1) is 5.56 Å². The summed E-state index contributed by atoms with van der Waals surface area (Å²) in [7, 11) is 4.07. The van der Waals surface area contributed by atoms with E-state index in [0.717, 1.165) is 10.4 Å². The predicted molar refractivity (Wildman–Crippen MR) is 92.0 cm³/mol. The van der Waals surface area contributed by atoms with Crippen molar-refractivity contribution in [2.75, 3.05) is 19.0 Å².